The number of nitro groups is 1. The molecule has 0 aliphatic carbocycles. The zero-order valence-electron chi connectivity index (χ0n) is 30.9. The van der Waals surface area contributed by atoms with Gasteiger partial charge in [0.2, 0.25) is 0 Å². The van der Waals surface area contributed by atoms with Crippen molar-refractivity contribution >= 4 is 34.5 Å². The molecule has 1 aliphatic rings. The number of fused-ring (bicyclic) bond motifs is 1. The Morgan fingerprint density at radius 1 is 1.05 bits per heavy atom. The minimum atomic E-state index is -1.06. The lowest BCUT2D eigenvalue weighted by Gasteiger charge is -2.28. The van der Waals surface area contributed by atoms with E-state index in [-0.39, 0.29) is 41.6 Å². The van der Waals surface area contributed by atoms with Gasteiger partial charge < -0.3 is 34.0 Å². The van der Waals surface area contributed by atoms with Crippen molar-refractivity contribution in [1.29, 1.82) is 0 Å². The third-order valence-corrected chi connectivity index (χ3v) is 9.06. The number of rotatable bonds is 15. The number of nitrogens with zero attached hydrogens (tertiary/aromatic N) is 7. The lowest BCUT2D eigenvalue weighted by Crippen LogP contribution is -2.41. The van der Waals surface area contributed by atoms with Crippen molar-refractivity contribution in [2.75, 3.05) is 46.7 Å². The summed E-state index contributed by atoms with van der Waals surface area (Å²) in [5, 5.41) is 19.2. The average Bonchev–Trinajstić information content (AvgIpc) is 3.78. The van der Waals surface area contributed by atoms with Gasteiger partial charge in [-0.05, 0) is 34.3 Å². The van der Waals surface area contributed by atoms with E-state index in [1.54, 1.807) is 60.4 Å². The number of methoxy groups -OCH3 is 2. The van der Waals surface area contributed by atoms with Gasteiger partial charge in [-0.15, -0.1) is 0 Å². The summed E-state index contributed by atoms with van der Waals surface area (Å²) >= 11 is 0. The molecule has 0 bridgehead atoms. The summed E-state index contributed by atoms with van der Waals surface area (Å²) in [4.78, 5) is 46.6. The number of halogens is 2. The maximum absolute atomic E-state index is 15.8. The van der Waals surface area contributed by atoms with Crippen LogP contribution in [0.5, 0.6) is 11.5 Å². The van der Waals surface area contributed by atoms with E-state index in [9.17, 15) is 19.7 Å². The summed E-state index contributed by atoms with van der Waals surface area (Å²) < 4.78 is 45.2. The van der Waals surface area contributed by atoms with Crippen LogP contribution < -0.4 is 20.3 Å². The van der Waals surface area contributed by atoms with Crippen LogP contribution in [0.3, 0.4) is 0 Å². The Kier molecular flexibility index (Phi) is 11.0. The number of hydrogen-bond donors (Lipinski definition) is 1. The molecule has 16 heteroatoms. The number of aryl methyl sites for hydroxylation is 1. The maximum atomic E-state index is 15.8. The van der Waals surface area contributed by atoms with Crippen LogP contribution in [0.15, 0.2) is 94.3 Å². The van der Waals surface area contributed by atoms with Crippen LogP contribution in [0.4, 0.5) is 20.4 Å². The van der Waals surface area contributed by atoms with E-state index < -0.39 is 27.7 Å². The second-order valence-corrected chi connectivity index (χ2v) is 13.7. The number of aliphatic imine (C=N–C) groups is 1. The SMILES string of the molecule is COc1cc(OC)c(F)c(-c2cc3cnc(Nc4ccn(C)n4)cc3n(Cc3cccc(CC(=O)/C=C/C[N+](C)(C)CC4=C([N+](=O)[O-])N=CC4)c3)c2=O)c1F. The van der Waals surface area contributed by atoms with Gasteiger partial charge in [0.1, 0.15) is 18.6 Å². The molecule has 0 amide bonds. The first-order valence-corrected chi connectivity index (χ1v) is 17.2. The Balaban J connectivity index is 1.31. The number of benzene rings is 2. The molecule has 14 nitrogen and oxygen atoms in total. The van der Waals surface area contributed by atoms with Gasteiger partial charge in [-0.3, -0.25) is 14.3 Å². The lowest BCUT2D eigenvalue weighted by atomic mass is 10.0. The van der Waals surface area contributed by atoms with Gasteiger partial charge in [0.25, 0.3) is 5.56 Å². The number of allylic oxidation sites excluding steroid dienone is 1. The fourth-order valence-corrected chi connectivity index (χ4v) is 6.48. The van der Waals surface area contributed by atoms with Crippen LogP contribution in [-0.2, 0) is 24.8 Å². The number of ether oxygens (including phenoxy) is 2. The van der Waals surface area contributed by atoms with Gasteiger partial charge in [-0.2, -0.15) is 5.10 Å². The highest BCUT2D eigenvalue weighted by atomic mass is 19.1. The van der Waals surface area contributed by atoms with Crippen LogP contribution in [0.25, 0.3) is 22.0 Å². The van der Waals surface area contributed by atoms with Crippen LogP contribution in [0, 0.1) is 21.7 Å². The highest BCUT2D eigenvalue weighted by molar-refractivity contribution is 5.91. The standard InChI is InChI=1S/C39H38F2N8O6/c1-46-14-12-33(45-46)44-34-19-30-27(21-43-34)18-29(35-36(40)31(54-4)20-32(55-5)37(35)41)39(51)47(30)22-25-9-6-8-24(16-25)17-28(50)10-7-15-49(2,3)23-26-11-13-42-38(26)48(52)53/h6-10,12-14,16,18-21H,11,15,17,22-23H2,1-5H3/p+1/b10-7+. The summed E-state index contributed by atoms with van der Waals surface area (Å²) in [6.07, 6.45) is 8.52. The van der Waals surface area contributed by atoms with E-state index in [0.29, 0.717) is 63.2 Å². The van der Waals surface area contributed by atoms with Gasteiger partial charge in [-0.1, -0.05) is 29.3 Å². The molecule has 55 heavy (non-hydrogen) atoms. The fourth-order valence-electron chi connectivity index (χ4n) is 6.48. The molecule has 1 N–H and O–H groups in total. The lowest BCUT2D eigenvalue weighted by molar-refractivity contribution is -0.880. The molecule has 4 heterocycles. The van der Waals surface area contributed by atoms with Crippen LogP contribution >= 0.6 is 0 Å². The van der Waals surface area contributed by atoms with Crippen molar-refractivity contribution in [3.63, 3.8) is 0 Å². The maximum Gasteiger partial charge on any atom is 0.368 e. The summed E-state index contributed by atoms with van der Waals surface area (Å²) in [5.74, 6) is -2.11. The molecular weight excluding hydrogens is 714 g/mol. The van der Waals surface area contributed by atoms with Crippen LogP contribution in [-0.4, -0.2) is 82.1 Å². The van der Waals surface area contributed by atoms with E-state index in [1.807, 2.05) is 14.1 Å². The molecular formula is C39H39F2N8O6+. The van der Waals surface area contributed by atoms with Gasteiger partial charge in [0, 0.05) is 55.9 Å². The number of nitrogens with one attached hydrogen (secondary N) is 1. The number of hydrogen-bond acceptors (Lipinski definition) is 10. The van der Waals surface area contributed by atoms with E-state index in [1.165, 1.54) is 43.3 Å². The predicted octanol–water partition coefficient (Wildman–Crippen LogP) is 5.59. The third kappa shape index (κ3) is 8.49. The number of anilines is 2. The Hall–Kier alpha value is -6.55. The van der Waals surface area contributed by atoms with Crippen molar-refractivity contribution < 1.29 is 32.5 Å². The van der Waals surface area contributed by atoms with Gasteiger partial charge >= 0.3 is 5.82 Å². The molecule has 5 aromatic rings. The molecule has 0 radical (unpaired) electrons. The number of likely N-dealkylation sites (N-methyl/N-ethyl adjacent to an activating group) is 1. The number of carbonyl (C=O) groups is 1. The van der Waals surface area contributed by atoms with Gasteiger partial charge in [0.15, 0.2) is 34.7 Å². The third-order valence-electron chi connectivity index (χ3n) is 9.06. The largest absolute Gasteiger partial charge is 0.494 e. The van der Waals surface area contributed by atoms with Crippen molar-refractivity contribution in [2.24, 2.45) is 12.0 Å². The molecule has 0 saturated carbocycles. The topological polar surface area (TPSA) is 156 Å². The van der Waals surface area contributed by atoms with Crippen molar-refractivity contribution in [3.05, 3.63) is 128 Å². The molecule has 0 atom stereocenters. The summed E-state index contributed by atoms with van der Waals surface area (Å²) in [5.41, 5.74) is 0.843. The fraction of sp³-hybridized carbons (Fsp3) is 0.256. The predicted molar refractivity (Wildman–Crippen MR) is 203 cm³/mol. The first kappa shape index (κ1) is 38.2. The van der Waals surface area contributed by atoms with Crippen LogP contribution in [0.2, 0.25) is 0 Å². The summed E-state index contributed by atoms with van der Waals surface area (Å²) in [6, 6.07) is 13.0. The molecule has 1 aliphatic heterocycles. The zero-order chi connectivity index (χ0) is 39.4. The Bertz CT molecular complexity index is 2440. The molecule has 0 fully saturated rings. The quantitative estimate of drug-likeness (QED) is 0.0623. The normalized spacial score (nSPS) is 12.9. The first-order chi connectivity index (χ1) is 26.3. The highest BCUT2D eigenvalue weighted by Crippen LogP contribution is 2.37. The van der Waals surface area contributed by atoms with E-state index >= 15 is 8.78 Å². The van der Waals surface area contributed by atoms with Crippen molar-refractivity contribution in [1.82, 2.24) is 19.3 Å². The van der Waals surface area contributed by atoms with Crippen LogP contribution in [0.1, 0.15) is 17.5 Å². The summed E-state index contributed by atoms with van der Waals surface area (Å²) in [6.45, 7) is 0.850. The second kappa shape index (κ2) is 15.8. The molecule has 284 valence electrons. The first-order valence-electron chi connectivity index (χ1n) is 17.2. The average molecular weight is 754 g/mol. The molecule has 2 aromatic carbocycles. The zero-order valence-corrected chi connectivity index (χ0v) is 30.9. The number of pyridine rings is 2. The number of ketones is 1. The Morgan fingerprint density at radius 3 is 2.45 bits per heavy atom. The number of carbonyl (C=O) groups excluding carboxylic acids is 1. The van der Waals surface area contributed by atoms with Gasteiger partial charge in [-0.25, -0.2) is 13.8 Å². The smallest absolute Gasteiger partial charge is 0.368 e. The van der Waals surface area contributed by atoms with Crippen molar-refractivity contribution in [2.45, 2.75) is 19.4 Å². The summed E-state index contributed by atoms with van der Waals surface area (Å²) in [7, 11) is 8.07. The number of quaternary nitrogens is 1. The van der Waals surface area contributed by atoms with E-state index in [2.05, 4.69) is 20.4 Å². The van der Waals surface area contributed by atoms with Crippen molar-refractivity contribution in [3.8, 4) is 22.6 Å². The minimum absolute atomic E-state index is 0.0181. The molecule has 3 aromatic heterocycles. The molecule has 6 rings (SSSR count). The minimum Gasteiger partial charge on any atom is -0.494 e. The molecule has 0 unspecified atom stereocenters. The molecule has 0 spiro atoms. The highest BCUT2D eigenvalue weighted by Gasteiger charge is 2.28. The Labute approximate surface area is 314 Å². The van der Waals surface area contributed by atoms with E-state index in [4.69, 9.17) is 9.47 Å². The molecule has 0 saturated heterocycles. The second-order valence-electron chi connectivity index (χ2n) is 13.7. The number of aromatic nitrogens is 4. The van der Waals surface area contributed by atoms with E-state index in [0.717, 1.165) is 6.07 Å². The Morgan fingerprint density at radius 2 is 1.78 bits per heavy atom. The monoisotopic (exact) mass is 753 g/mol. The van der Waals surface area contributed by atoms with Gasteiger partial charge in [0.05, 0.1) is 63.6 Å².